The zero-order valence-corrected chi connectivity index (χ0v) is 16.0. The first-order valence-corrected chi connectivity index (χ1v) is 9.90. The summed E-state index contributed by atoms with van der Waals surface area (Å²) in [5.74, 6) is -1.29. The molecule has 3 N–H and O–H groups in total. The van der Waals surface area contributed by atoms with Crippen molar-refractivity contribution < 1.29 is 23.1 Å². The Balaban J connectivity index is 2.13. The van der Waals surface area contributed by atoms with Crippen molar-refractivity contribution in [1.82, 2.24) is 9.62 Å². The van der Waals surface area contributed by atoms with Crippen molar-refractivity contribution in [3.8, 4) is 0 Å². The smallest absolute Gasteiger partial charge is 0.321 e. The van der Waals surface area contributed by atoms with Gasteiger partial charge in [-0.25, -0.2) is 17.9 Å². The Morgan fingerprint density at radius 1 is 1.15 bits per heavy atom. The van der Waals surface area contributed by atoms with Crippen LogP contribution in [0.4, 0.5) is 10.5 Å². The molecule has 1 aliphatic heterocycles. The van der Waals surface area contributed by atoms with E-state index in [1.807, 2.05) is 0 Å². The molecule has 1 heterocycles. The van der Waals surface area contributed by atoms with Crippen LogP contribution in [0, 0.1) is 5.92 Å². The summed E-state index contributed by atoms with van der Waals surface area (Å²) >= 11 is 0. The molecule has 1 aromatic carbocycles. The molecule has 8 nitrogen and oxygen atoms in total. The lowest BCUT2D eigenvalue weighted by atomic mass is 9.97. The zero-order valence-electron chi connectivity index (χ0n) is 15.2. The summed E-state index contributed by atoms with van der Waals surface area (Å²) in [5.41, 5.74) is -0.469. The average Bonchev–Trinajstić information content (AvgIpc) is 2.53. The number of para-hydroxylation sites is 1. The van der Waals surface area contributed by atoms with E-state index in [2.05, 4.69) is 10.0 Å². The van der Waals surface area contributed by atoms with Crippen LogP contribution in [-0.4, -0.2) is 49.1 Å². The highest BCUT2D eigenvalue weighted by Crippen LogP contribution is 2.24. The first-order valence-electron chi connectivity index (χ1n) is 8.41. The third kappa shape index (κ3) is 5.18. The van der Waals surface area contributed by atoms with Crippen LogP contribution in [0.25, 0.3) is 0 Å². The number of carboxylic acids is 1. The summed E-state index contributed by atoms with van der Waals surface area (Å²) in [4.78, 5) is 24.9. The molecule has 1 aromatic rings. The molecule has 2 rings (SSSR count). The minimum Gasteiger partial charge on any atom is -0.481 e. The minimum absolute atomic E-state index is 0.0105. The van der Waals surface area contributed by atoms with E-state index in [1.54, 1.807) is 32.9 Å². The maximum Gasteiger partial charge on any atom is 0.321 e. The van der Waals surface area contributed by atoms with Gasteiger partial charge in [0.2, 0.25) is 10.0 Å². The Kier molecular flexibility index (Phi) is 5.92. The van der Waals surface area contributed by atoms with Crippen LogP contribution in [0.3, 0.4) is 0 Å². The van der Waals surface area contributed by atoms with Gasteiger partial charge in [0.1, 0.15) is 4.90 Å². The quantitative estimate of drug-likeness (QED) is 0.736. The normalized spacial score (nSPS) is 16.3. The number of carboxylic acid groups (broad SMARTS) is 1. The van der Waals surface area contributed by atoms with Gasteiger partial charge >= 0.3 is 12.0 Å². The number of amides is 2. The molecule has 0 atom stereocenters. The van der Waals surface area contributed by atoms with Gasteiger partial charge in [-0.15, -0.1) is 0 Å². The summed E-state index contributed by atoms with van der Waals surface area (Å²) < 4.78 is 27.8. The number of hydrogen-bond donors (Lipinski definition) is 3. The highest BCUT2D eigenvalue weighted by molar-refractivity contribution is 7.89. The molecule has 2 amide bonds. The minimum atomic E-state index is -3.81. The van der Waals surface area contributed by atoms with E-state index in [-0.39, 0.29) is 10.6 Å². The highest BCUT2D eigenvalue weighted by atomic mass is 32.2. The monoisotopic (exact) mass is 383 g/mol. The predicted octanol–water partition coefficient (Wildman–Crippen LogP) is 2.09. The van der Waals surface area contributed by atoms with Crippen molar-refractivity contribution in [3.05, 3.63) is 24.3 Å². The van der Waals surface area contributed by atoms with Gasteiger partial charge in [-0.1, -0.05) is 12.1 Å². The van der Waals surface area contributed by atoms with Gasteiger partial charge in [0.25, 0.3) is 0 Å². The molecule has 1 fully saturated rings. The number of urea groups is 1. The molecule has 0 unspecified atom stereocenters. The van der Waals surface area contributed by atoms with Gasteiger partial charge in [0, 0.05) is 18.6 Å². The molecular formula is C17H25N3O5S. The maximum absolute atomic E-state index is 12.6. The summed E-state index contributed by atoms with van der Waals surface area (Å²) in [6.45, 7) is 5.84. The first-order chi connectivity index (χ1) is 12.0. The standard InChI is InChI=1S/C17H25N3O5S/c1-17(2,3)19-26(24,25)14-7-5-4-6-13(14)18-16(23)20-10-8-12(9-11-20)15(21)22/h4-7,12,19H,8-11H2,1-3H3,(H,18,23)(H,21,22). The van der Waals surface area contributed by atoms with Crippen LogP contribution in [0.15, 0.2) is 29.2 Å². The van der Waals surface area contributed by atoms with Gasteiger partial charge < -0.3 is 15.3 Å². The lowest BCUT2D eigenvalue weighted by Crippen LogP contribution is -2.43. The number of carbonyl (C=O) groups is 2. The lowest BCUT2D eigenvalue weighted by Gasteiger charge is -2.30. The fraction of sp³-hybridized carbons (Fsp3) is 0.529. The molecule has 9 heteroatoms. The van der Waals surface area contributed by atoms with Gasteiger partial charge in [-0.2, -0.15) is 0 Å². The van der Waals surface area contributed by atoms with E-state index in [9.17, 15) is 18.0 Å². The topological polar surface area (TPSA) is 116 Å². The van der Waals surface area contributed by atoms with Crippen LogP contribution in [0.5, 0.6) is 0 Å². The first kappa shape index (κ1) is 20.2. The SMILES string of the molecule is CC(C)(C)NS(=O)(=O)c1ccccc1NC(=O)N1CCC(C(=O)O)CC1. The third-order valence-corrected chi connectivity index (χ3v) is 5.81. The summed E-state index contributed by atoms with van der Waals surface area (Å²) in [7, 11) is -3.81. The number of carbonyl (C=O) groups excluding carboxylic acids is 1. The van der Waals surface area contributed by atoms with Gasteiger partial charge in [-0.05, 0) is 45.7 Å². The highest BCUT2D eigenvalue weighted by Gasteiger charge is 2.29. The van der Waals surface area contributed by atoms with E-state index in [0.717, 1.165) is 0 Å². The second-order valence-corrected chi connectivity index (χ2v) is 9.03. The van der Waals surface area contributed by atoms with Gasteiger partial charge in [0.05, 0.1) is 11.6 Å². The van der Waals surface area contributed by atoms with Crippen molar-refractivity contribution in [1.29, 1.82) is 0 Å². The zero-order chi connectivity index (χ0) is 19.5. The number of rotatable bonds is 4. The molecule has 26 heavy (non-hydrogen) atoms. The maximum atomic E-state index is 12.6. The van der Waals surface area contributed by atoms with Crippen molar-refractivity contribution in [2.75, 3.05) is 18.4 Å². The fourth-order valence-corrected chi connectivity index (χ4v) is 4.37. The van der Waals surface area contributed by atoms with Crippen LogP contribution in [0.1, 0.15) is 33.6 Å². The molecule has 0 radical (unpaired) electrons. The van der Waals surface area contributed by atoms with Crippen molar-refractivity contribution in [3.63, 3.8) is 0 Å². The molecule has 1 aliphatic rings. The molecule has 144 valence electrons. The number of hydrogen-bond acceptors (Lipinski definition) is 4. The largest absolute Gasteiger partial charge is 0.481 e. The second kappa shape index (κ2) is 7.63. The second-order valence-electron chi connectivity index (χ2n) is 7.38. The van der Waals surface area contributed by atoms with Crippen LogP contribution >= 0.6 is 0 Å². The van der Waals surface area contributed by atoms with Gasteiger partial charge in [-0.3, -0.25) is 4.79 Å². The van der Waals surface area contributed by atoms with Crippen LogP contribution in [0.2, 0.25) is 0 Å². The molecule has 1 saturated heterocycles. The van der Waals surface area contributed by atoms with Crippen molar-refractivity contribution >= 4 is 27.7 Å². The number of piperidine rings is 1. The van der Waals surface area contributed by atoms with E-state index < -0.39 is 33.5 Å². The van der Waals surface area contributed by atoms with E-state index >= 15 is 0 Å². The number of anilines is 1. The number of likely N-dealkylation sites (tertiary alicyclic amines) is 1. The Morgan fingerprint density at radius 3 is 2.27 bits per heavy atom. The van der Waals surface area contributed by atoms with Gasteiger partial charge in [0.15, 0.2) is 0 Å². The fourth-order valence-electron chi connectivity index (χ4n) is 2.79. The Bertz CT molecular complexity index is 778. The Labute approximate surface area is 153 Å². The molecule has 0 bridgehead atoms. The average molecular weight is 383 g/mol. The summed E-state index contributed by atoms with van der Waals surface area (Å²) in [5, 5.41) is 11.7. The van der Waals surface area contributed by atoms with E-state index in [1.165, 1.54) is 17.0 Å². The molecule has 0 aliphatic carbocycles. The number of sulfonamides is 1. The number of nitrogens with one attached hydrogen (secondary N) is 2. The molecule has 0 saturated carbocycles. The van der Waals surface area contributed by atoms with Crippen LogP contribution in [-0.2, 0) is 14.8 Å². The van der Waals surface area contributed by atoms with E-state index in [4.69, 9.17) is 5.11 Å². The molecule has 0 aromatic heterocycles. The molecular weight excluding hydrogens is 358 g/mol. The number of nitrogens with zero attached hydrogens (tertiary/aromatic N) is 1. The number of benzene rings is 1. The summed E-state index contributed by atoms with van der Waals surface area (Å²) in [6.07, 6.45) is 0.766. The predicted molar refractivity (Wildman–Crippen MR) is 97.5 cm³/mol. The lowest BCUT2D eigenvalue weighted by molar-refractivity contribution is -0.143. The van der Waals surface area contributed by atoms with Crippen molar-refractivity contribution in [2.24, 2.45) is 5.92 Å². The summed E-state index contributed by atoms with van der Waals surface area (Å²) in [6, 6.07) is 5.75. The van der Waals surface area contributed by atoms with E-state index in [0.29, 0.717) is 25.9 Å². The van der Waals surface area contributed by atoms with Crippen molar-refractivity contribution in [2.45, 2.75) is 44.0 Å². The van der Waals surface area contributed by atoms with Crippen LogP contribution < -0.4 is 10.0 Å². The molecule has 0 spiro atoms. The third-order valence-electron chi connectivity index (χ3n) is 3.99. The number of aliphatic carboxylic acids is 1. The Hall–Kier alpha value is -2.13. The Morgan fingerprint density at radius 2 is 1.73 bits per heavy atom.